The third-order valence-electron chi connectivity index (χ3n) is 2.46. The van der Waals surface area contributed by atoms with E-state index >= 15 is 0 Å². The minimum Gasteiger partial charge on any atom is -0.493 e. The fourth-order valence-corrected chi connectivity index (χ4v) is 1.38. The highest BCUT2D eigenvalue weighted by molar-refractivity contribution is 5.37. The number of rotatable bonds is 5. The summed E-state index contributed by atoms with van der Waals surface area (Å²) in [5.41, 5.74) is 0.946. The summed E-state index contributed by atoms with van der Waals surface area (Å²) in [6.45, 7) is 1.13. The van der Waals surface area contributed by atoms with Crippen LogP contribution in [0.1, 0.15) is 18.4 Å². The van der Waals surface area contributed by atoms with Gasteiger partial charge in [0.15, 0.2) is 0 Å². The molecule has 1 aromatic carbocycles. The minimum absolute atomic E-state index is 0.352. The fourth-order valence-electron chi connectivity index (χ4n) is 1.38. The van der Waals surface area contributed by atoms with Crippen LogP contribution in [0.25, 0.3) is 0 Å². The maximum atomic E-state index is 10.0. The maximum Gasteiger partial charge on any atom is 0.235 e. The first-order valence-electron chi connectivity index (χ1n) is 5.14. The second-order valence-corrected chi connectivity index (χ2v) is 3.77. The van der Waals surface area contributed by atoms with Crippen LogP contribution in [0.5, 0.6) is 5.75 Å². The van der Waals surface area contributed by atoms with Gasteiger partial charge in [0.25, 0.3) is 0 Å². The van der Waals surface area contributed by atoms with Crippen LogP contribution in [0.15, 0.2) is 29.3 Å². The molecule has 1 saturated carbocycles. The Morgan fingerprint density at radius 1 is 1.40 bits per heavy atom. The average molecular weight is 203 g/mol. The van der Waals surface area contributed by atoms with E-state index in [1.165, 1.54) is 12.8 Å². The average Bonchev–Trinajstić information content (AvgIpc) is 3.08. The highest BCUT2D eigenvalue weighted by Gasteiger charge is 2.22. The molecule has 1 aliphatic rings. The Labute approximate surface area is 88.8 Å². The molecule has 0 atom stereocenters. The van der Waals surface area contributed by atoms with Crippen LogP contribution in [-0.2, 0) is 11.3 Å². The SMILES string of the molecule is O=C=NCc1ccccc1OCC1CC1. The van der Waals surface area contributed by atoms with Crippen molar-refractivity contribution in [3.05, 3.63) is 29.8 Å². The first-order valence-corrected chi connectivity index (χ1v) is 5.14. The third-order valence-corrected chi connectivity index (χ3v) is 2.46. The van der Waals surface area contributed by atoms with Crippen molar-refractivity contribution in [2.24, 2.45) is 10.9 Å². The van der Waals surface area contributed by atoms with Crippen LogP contribution in [0.4, 0.5) is 0 Å². The Morgan fingerprint density at radius 3 is 2.93 bits per heavy atom. The number of hydrogen-bond acceptors (Lipinski definition) is 3. The zero-order valence-electron chi connectivity index (χ0n) is 8.48. The molecule has 0 aromatic heterocycles. The molecule has 0 N–H and O–H groups in total. The lowest BCUT2D eigenvalue weighted by molar-refractivity contribution is 0.297. The molecule has 0 saturated heterocycles. The Morgan fingerprint density at radius 2 is 2.20 bits per heavy atom. The third kappa shape index (κ3) is 2.93. The van der Waals surface area contributed by atoms with Gasteiger partial charge in [0.2, 0.25) is 6.08 Å². The van der Waals surface area contributed by atoms with Gasteiger partial charge in [-0.05, 0) is 24.8 Å². The van der Waals surface area contributed by atoms with E-state index in [1.807, 2.05) is 24.3 Å². The van der Waals surface area contributed by atoms with Crippen molar-refractivity contribution in [3.63, 3.8) is 0 Å². The molecule has 1 aromatic rings. The Bertz CT molecular complexity index is 379. The highest BCUT2D eigenvalue weighted by atomic mass is 16.5. The molecule has 0 unspecified atom stereocenters. The minimum atomic E-state index is 0.352. The predicted octanol–water partition coefficient (Wildman–Crippen LogP) is 2.31. The predicted molar refractivity (Wildman–Crippen MR) is 56.5 cm³/mol. The van der Waals surface area contributed by atoms with E-state index in [4.69, 9.17) is 4.74 Å². The van der Waals surface area contributed by atoms with Gasteiger partial charge >= 0.3 is 0 Å². The van der Waals surface area contributed by atoms with Gasteiger partial charge in [-0.1, -0.05) is 18.2 Å². The summed E-state index contributed by atoms with van der Waals surface area (Å²) in [5, 5.41) is 0. The van der Waals surface area contributed by atoms with Gasteiger partial charge in [0.1, 0.15) is 5.75 Å². The number of hydrogen-bond donors (Lipinski definition) is 0. The van der Waals surface area contributed by atoms with Gasteiger partial charge in [0.05, 0.1) is 13.2 Å². The van der Waals surface area contributed by atoms with Crippen LogP contribution >= 0.6 is 0 Å². The summed E-state index contributed by atoms with van der Waals surface area (Å²) in [6.07, 6.45) is 4.09. The molecule has 2 rings (SSSR count). The van der Waals surface area contributed by atoms with Crippen molar-refractivity contribution in [1.82, 2.24) is 0 Å². The van der Waals surface area contributed by atoms with Crippen molar-refractivity contribution in [2.75, 3.05) is 6.61 Å². The summed E-state index contributed by atoms with van der Waals surface area (Å²) in [7, 11) is 0. The molecular weight excluding hydrogens is 190 g/mol. The summed E-state index contributed by atoms with van der Waals surface area (Å²) in [4.78, 5) is 13.6. The normalized spacial score (nSPS) is 14.4. The van der Waals surface area contributed by atoms with E-state index in [9.17, 15) is 4.79 Å². The van der Waals surface area contributed by atoms with E-state index < -0.39 is 0 Å². The van der Waals surface area contributed by atoms with Crippen LogP contribution in [0, 0.1) is 5.92 Å². The van der Waals surface area contributed by atoms with E-state index in [2.05, 4.69) is 4.99 Å². The van der Waals surface area contributed by atoms with Crippen molar-refractivity contribution in [1.29, 1.82) is 0 Å². The van der Waals surface area contributed by atoms with E-state index in [1.54, 1.807) is 6.08 Å². The van der Waals surface area contributed by atoms with Crippen LogP contribution in [0.2, 0.25) is 0 Å². The number of ether oxygens (including phenoxy) is 1. The zero-order chi connectivity index (χ0) is 10.5. The topological polar surface area (TPSA) is 38.7 Å². The van der Waals surface area contributed by atoms with Gasteiger partial charge < -0.3 is 4.74 Å². The Hall–Kier alpha value is -1.60. The molecule has 1 aliphatic carbocycles. The lowest BCUT2D eigenvalue weighted by Gasteiger charge is -2.08. The van der Waals surface area contributed by atoms with Gasteiger partial charge in [0, 0.05) is 5.56 Å². The number of carbonyl (C=O) groups excluding carboxylic acids is 1. The van der Waals surface area contributed by atoms with Gasteiger partial charge in [-0.2, -0.15) is 0 Å². The summed E-state index contributed by atoms with van der Waals surface area (Å²) >= 11 is 0. The summed E-state index contributed by atoms with van der Waals surface area (Å²) in [5.74, 6) is 1.57. The molecule has 0 amide bonds. The number of para-hydroxylation sites is 1. The molecule has 0 heterocycles. The van der Waals surface area contributed by atoms with Crippen LogP contribution in [-0.4, -0.2) is 12.7 Å². The lowest BCUT2D eigenvalue weighted by Crippen LogP contribution is -2.01. The monoisotopic (exact) mass is 203 g/mol. The van der Waals surface area contributed by atoms with Crippen molar-refractivity contribution in [3.8, 4) is 5.75 Å². The molecular formula is C12H13NO2. The molecule has 0 aliphatic heterocycles. The fraction of sp³-hybridized carbons (Fsp3) is 0.417. The second-order valence-electron chi connectivity index (χ2n) is 3.77. The maximum absolute atomic E-state index is 10.0. The molecule has 0 spiro atoms. The summed E-state index contributed by atoms with van der Waals surface area (Å²) < 4.78 is 5.67. The zero-order valence-corrected chi connectivity index (χ0v) is 8.48. The van der Waals surface area contributed by atoms with E-state index in [0.717, 1.165) is 23.8 Å². The molecule has 0 bridgehead atoms. The molecule has 15 heavy (non-hydrogen) atoms. The first-order chi connectivity index (χ1) is 7.40. The Balaban J connectivity index is 2.02. The molecule has 0 radical (unpaired) electrons. The van der Waals surface area contributed by atoms with Crippen LogP contribution in [0.3, 0.4) is 0 Å². The highest BCUT2D eigenvalue weighted by Crippen LogP contribution is 2.30. The van der Waals surface area contributed by atoms with Gasteiger partial charge in [-0.15, -0.1) is 0 Å². The van der Waals surface area contributed by atoms with Crippen molar-refractivity contribution >= 4 is 6.08 Å². The smallest absolute Gasteiger partial charge is 0.235 e. The quantitative estimate of drug-likeness (QED) is 0.544. The second kappa shape index (κ2) is 4.76. The molecule has 3 nitrogen and oxygen atoms in total. The van der Waals surface area contributed by atoms with Gasteiger partial charge in [-0.3, -0.25) is 0 Å². The van der Waals surface area contributed by atoms with E-state index in [0.29, 0.717) is 6.54 Å². The number of aliphatic imine (C=N–C) groups is 1. The summed E-state index contributed by atoms with van der Waals surface area (Å²) in [6, 6.07) is 7.68. The first kappa shape index (κ1) is 9.94. The van der Waals surface area contributed by atoms with Gasteiger partial charge in [-0.25, -0.2) is 9.79 Å². The largest absolute Gasteiger partial charge is 0.493 e. The number of isocyanates is 1. The molecule has 1 fully saturated rings. The molecule has 3 heteroatoms. The van der Waals surface area contributed by atoms with E-state index in [-0.39, 0.29) is 0 Å². The number of nitrogens with zero attached hydrogens (tertiary/aromatic N) is 1. The van der Waals surface area contributed by atoms with Crippen LogP contribution < -0.4 is 4.74 Å². The van der Waals surface area contributed by atoms with Crippen molar-refractivity contribution < 1.29 is 9.53 Å². The molecule has 78 valence electrons. The van der Waals surface area contributed by atoms with Crippen molar-refractivity contribution in [2.45, 2.75) is 19.4 Å². The standard InChI is InChI=1S/C12H13NO2/c14-9-13-7-11-3-1-2-4-12(11)15-8-10-5-6-10/h1-4,10H,5-8H2. The Kier molecular flexibility index (Phi) is 3.15. The number of benzene rings is 1. The lowest BCUT2D eigenvalue weighted by atomic mass is 10.2.